The first-order valence-electron chi connectivity index (χ1n) is 8.40. The summed E-state index contributed by atoms with van der Waals surface area (Å²) >= 11 is 0. The molecule has 1 aliphatic carbocycles. The molecular weight excluding hydrogens is 276 g/mol. The summed E-state index contributed by atoms with van der Waals surface area (Å²) in [7, 11) is 0. The Hall–Kier alpha value is -1.39. The summed E-state index contributed by atoms with van der Waals surface area (Å²) in [5.41, 5.74) is 6.64. The Morgan fingerprint density at radius 2 is 1.73 bits per heavy atom. The van der Waals surface area contributed by atoms with E-state index in [4.69, 9.17) is 10.5 Å². The zero-order valence-electron chi connectivity index (χ0n) is 13.1. The molecule has 0 spiro atoms. The molecule has 0 radical (unpaired) electrons. The minimum Gasteiger partial charge on any atom is -0.381 e. The SMILES string of the molecule is NC1CCC(NC(=O)C2(c3ccccc3)CCOCC2)CC1. The molecule has 0 bridgehead atoms. The Morgan fingerprint density at radius 1 is 1.09 bits per heavy atom. The highest BCUT2D eigenvalue weighted by molar-refractivity contribution is 5.88. The lowest BCUT2D eigenvalue weighted by Crippen LogP contribution is -2.52. The van der Waals surface area contributed by atoms with Crippen LogP contribution in [0.4, 0.5) is 0 Å². The van der Waals surface area contributed by atoms with Crippen LogP contribution in [0.15, 0.2) is 30.3 Å². The van der Waals surface area contributed by atoms with Crippen molar-refractivity contribution in [2.24, 2.45) is 5.73 Å². The van der Waals surface area contributed by atoms with Crippen molar-refractivity contribution in [3.63, 3.8) is 0 Å². The third-order valence-electron chi connectivity index (χ3n) is 5.21. The molecule has 1 heterocycles. The van der Waals surface area contributed by atoms with Crippen molar-refractivity contribution in [2.75, 3.05) is 13.2 Å². The maximum atomic E-state index is 13.1. The smallest absolute Gasteiger partial charge is 0.231 e. The first-order chi connectivity index (χ1) is 10.7. The fourth-order valence-corrected chi connectivity index (χ4v) is 3.71. The van der Waals surface area contributed by atoms with Gasteiger partial charge in [0.25, 0.3) is 0 Å². The van der Waals surface area contributed by atoms with E-state index in [1.54, 1.807) is 0 Å². The summed E-state index contributed by atoms with van der Waals surface area (Å²) in [6, 6.07) is 10.7. The minimum absolute atomic E-state index is 0.169. The van der Waals surface area contributed by atoms with Gasteiger partial charge < -0.3 is 15.8 Å². The predicted octanol–water partition coefficient (Wildman–Crippen LogP) is 2.12. The van der Waals surface area contributed by atoms with Gasteiger partial charge in [-0.1, -0.05) is 30.3 Å². The van der Waals surface area contributed by atoms with E-state index in [-0.39, 0.29) is 11.9 Å². The van der Waals surface area contributed by atoms with E-state index in [0.29, 0.717) is 19.3 Å². The summed E-state index contributed by atoms with van der Waals surface area (Å²) in [4.78, 5) is 13.1. The first kappa shape index (κ1) is 15.5. The average molecular weight is 302 g/mol. The minimum atomic E-state index is -0.431. The number of ether oxygens (including phenoxy) is 1. The third-order valence-corrected chi connectivity index (χ3v) is 5.21. The van der Waals surface area contributed by atoms with Crippen molar-refractivity contribution in [3.8, 4) is 0 Å². The van der Waals surface area contributed by atoms with E-state index in [9.17, 15) is 4.79 Å². The lowest BCUT2D eigenvalue weighted by atomic mass is 9.73. The van der Waals surface area contributed by atoms with Crippen LogP contribution in [0.5, 0.6) is 0 Å². The highest BCUT2D eigenvalue weighted by Gasteiger charge is 2.42. The fraction of sp³-hybridized carbons (Fsp3) is 0.611. The van der Waals surface area contributed by atoms with E-state index < -0.39 is 5.41 Å². The van der Waals surface area contributed by atoms with E-state index in [0.717, 1.165) is 44.1 Å². The van der Waals surface area contributed by atoms with Gasteiger partial charge >= 0.3 is 0 Å². The van der Waals surface area contributed by atoms with Gasteiger partial charge in [-0.25, -0.2) is 0 Å². The quantitative estimate of drug-likeness (QED) is 0.899. The molecule has 4 nitrogen and oxygen atoms in total. The van der Waals surface area contributed by atoms with Gasteiger partial charge in [0.05, 0.1) is 5.41 Å². The molecule has 2 fully saturated rings. The summed E-state index contributed by atoms with van der Waals surface area (Å²) in [5.74, 6) is 0.169. The molecule has 1 amide bonds. The topological polar surface area (TPSA) is 64.3 Å². The maximum absolute atomic E-state index is 13.1. The van der Waals surface area contributed by atoms with Crippen LogP contribution in [-0.2, 0) is 14.9 Å². The van der Waals surface area contributed by atoms with Crippen LogP contribution in [0, 0.1) is 0 Å². The van der Waals surface area contributed by atoms with Crippen LogP contribution in [0.3, 0.4) is 0 Å². The first-order valence-corrected chi connectivity index (χ1v) is 8.40. The Bertz CT molecular complexity index is 489. The number of benzene rings is 1. The zero-order chi connectivity index (χ0) is 15.4. The Balaban J connectivity index is 1.76. The molecule has 1 aromatic carbocycles. The van der Waals surface area contributed by atoms with E-state index in [1.807, 2.05) is 18.2 Å². The van der Waals surface area contributed by atoms with Gasteiger partial charge in [0.1, 0.15) is 0 Å². The van der Waals surface area contributed by atoms with Crippen LogP contribution in [0.25, 0.3) is 0 Å². The summed E-state index contributed by atoms with van der Waals surface area (Å²) < 4.78 is 5.50. The lowest BCUT2D eigenvalue weighted by Gasteiger charge is -2.38. The molecule has 1 saturated carbocycles. The number of carbonyl (C=O) groups excluding carboxylic acids is 1. The summed E-state index contributed by atoms with van der Waals surface area (Å²) in [6.45, 7) is 1.30. The van der Waals surface area contributed by atoms with Crippen molar-refractivity contribution < 1.29 is 9.53 Å². The third kappa shape index (κ3) is 3.18. The molecule has 3 rings (SSSR count). The van der Waals surface area contributed by atoms with E-state index >= 15 is 0 Å². The van der Waals surface area contributed by atoms with Gasteiger partial charge in [-0.05, 0) is 44.1 Å². The van der Waals surface area contributed by atoms with Gasteiger partial charge in [0.2, 0.25) is 5.91 Å². The zero-order valence-corrected chi connectivity index (χ0v) is 13.1. The van der Waals surface area contributed by atoms with Gasteiger partial charge in [-0.3, -0.25) is 4.79 Å². The molecule has 0 unspecified atom stereocenters. The Morgan fingerprint density at radius 3 is 2.36 bits per heavy atom. The molecule has 22 heavy (non-hydrogen) atoms. The molecule has 0 aromatic heterocycles. The second kappa shape index (κ2) is 6.80. The maximum Gasteiger partial charge on any atom is 0.231 e. The van der Waals surface area contributed by atoms with Crippen molar-refractivity contribution in [1.82, 2.24) is 5.32 Å². The largest absolute Gasteiger partial charge is 0.381 e. The number of rotatable bonds is 3. The van der Waals surface area contributed by atoms with Crippen molar-refractivity contribution in [3.05, 3.63) is 35.9 Å². The van der Waals surface area contributed by atoms with E-state index in [1.165, 1.54) is 0 Å². The molecule has 1 aliphatic heterocycles. The van der Waals surface area contributed by atoms with Crippen molar-refractivity contribution in [1.29, 1.82) is 0 Å². The second-order valence-corrected chi connectivity index (χ2v) is 6.65. The molecule has 2 aliphatic rings. The number of amides is 1. The Labute approximate surface area is 132 Å². The molecule has 1 aromatic rings. The molecule has 120 valence electrons. The molecular formula is C18H26N2O2. The lowest BCUT2D eigenvalue weighted by molar-refractivity contribution is -0.131. The summed E-state index contributed by atoms with van der Waals surface area (Å²) in [6.07, 6.45) is 5.52. The van der Waals surface area contributed by atoms with Crippen LogP contribution in [-0.4, -0.2) is 31.2 Å². The predicted molar refractivity (Wildman–Crippen MR) is 86.5 cm³/mol. The van der Waals surface area contributed by atoms with Gasteiger partial charge in [-0.15, -0.1) is 0 Å². The number of carbonyl (C=O) groups is 1. The fourth-order valence-electron chi connectivity index (χ4n) is 3.71. The van der Waals surface area contributed by atoms with E-state index in [2.05, 4.69) is 17.4 Å². The van der Waals surface area contributed by atoms with Crippen molar-refractivity contribution >= 4 is 5.91 Å². The molecule has 3 N–H and O–H groups in total. The van der Waals surface area contributed by atoms with Gasteiger partial charge in [0.15, 0.2) is 0 Å². The normalized spacial score (nSPS) is 28.0. The highest BCUT2D eigenvalue weighted by atomic mass is 16.5. The van der Waals surface area contributed by atoms with Gasteiger partial charge in [0, 0.05) is 25.3 Å². The van der Waals surface area contributed by atoms with Crippen LogP contribution < -0.4 is 11.1 Å². The van der Waals surface area contributed by atoms with Crippen LogP contribution >= 0.6 is 0 Å². The standard InChI is InChI=1S/C18H26N2O2/c19-15-6-8-16(9-7-15)20-17(21)18(10-12-22-13-11-18)14-4-2-1-3-5-14/h1-5,15-16H,6-13,19H2,(H,20,21). The Kier molecular flexibility index (Phi) is 4.79. The summed E-state index contributed by atoms with van der Waals surface area (Å²) in [5, 5.41) is 3.30. The monoisotopic (exact) mass is 302 g/mol. The number of nitrogens with two attached hydrogens (primary N) is 1. The molecule has 4 heteroatoms. The average Bonchev–Trinajstić information content (AvgIpc) is 2.58. The molecule has 0 atom stereocenters. The molecule has 1 saturated heterocycles. The number of hydrogen-bond donors (Lipinski definition) is 2. The van der Waals surface area contributed by atoms with Gasteiger partial charge in [-0.2, -0.15) is 0 Å². The highest BCUT2D eigenvalue weighted by Crippen LogP contribution is 2.35. The van der Waals surface area contributed by atoms with Crippen LogP contribution in [0.2, 0.25) is 0 Å². The van der Waals surface area contributed by atoms with Crippen LogP contribution in [0.1, 0.15) is 44.1 Å². The van der Waals surface area contributed by atoms with Crippen molar-refractivity contribution in [2.45, 2.75) is 56.0 Å². The number of hydrogen-bond acceptors (Lipinski definition) is 3. The number of nitrogens with one attached hydrogen (secondary N) is 1. The second-order valence-electron chi connectivity index (χ2n) is 6.65.